The fraction of sp³-hybridized carbons (Fsp3) is 0.321. The molecular weight excluding hydrogens is 546 g/mol. The molecule has 0 fully saturated rings. The van der Waals surface area contributed by atoms with Gasteiger partial charge in [0, 0.05) is 29.8 Å². The van der Waals surface area contributed by atoms with Gasteiger partial charge in [0.25, 0.3) is 5.91 Å². The highest BCUT2D eigenvalue weighted by atomic mass is 19.4. The van der Waals surface area contributed by atoms with Crippen molar-refractivity contribution in [1.82, 2.24) is 15.6 Å². The van der Waals surface area contributed by atoms with Gasteiger partial charge in [-0.25, -0.2) is 14.2 Å². The third-order valence-corrected chi connectivity index (χ3v) is 7.36. The van der Waals surface area contributed by atoms with E-state index in [0.29, 0.717) is 22.4 Å². The number of urea groups is 1. The van der Waals surface area contributed by atoms with Crippen molar-refractivity contribution in [2.45, 2.75) is 37.5 Å². The summed E-state index contributed by atoms with van der Waals surface area (Å²) >= 11 is 0. The van der Waals surface area contributed by atoms with Crippen LogP contribution in [0.4, 0.5) is 28.0 Å². The lowest BCUT2D eigenvalue weighted by Gasteiger charge is -2.33. The molecule has 5 rings (SSSR count). The smallest absolute Gasteiger partial charge is 0.401 e. The molecule has 9 nitrogen and oxygen atoms in total. The predicted molar refractivity (Wildman–Crippen MR) is 141 cm³/mol. The lowest BCUT2D eigenvalue weighted by atomic mass is 9.82. The van der Waals surface area contributed by atoms with E-state index in [2.05, 4.69) is 20.9 Å². The SMILES string of the molecule is COc1cc(C(=O)NCC(C)(c2cc3c(c(-c4ccc(F)cc4)n2)OCC3(C)N)C(F)(F)F)cc2c1NC(=O)NC2. The van der Waals surface area contributed by atoms with Gasteiger partial charge in [0.05, 0.1) is 24.0 Å². The van der Waals surface area contributed by atoms with Crippen LogP contribution in [0.3, 0.4) is 0 Å². The second kappa shape index (κ2) is 9.91. The van der Waals surface area contributed by atoms with Crippen LogP contribution in [0.2, 0.25) is 0 Å². The van der Waals surface area contributed by atoms with Crippen molar-refractivity contribution in [3.63, 3.8) is 0 Å². The molecule has 5 N–H and O–H groups in total. The van der Waals surface area contributed by atoms with Crippen LogP contribution in [0.25, 0.3) is 11.3 Å². The zero-order valence-electron chi connectivity index (χ0n) is 22.3. The van der Waals surface area contributed by atoms with E-state index >= 15 is 0 Å². The fourth-order valence-corrected chi connectivity index (χ4v) is 4.76. The first-order valence-corrected chi connectivity index (χ1v) is 12.6. The number of pyridine rings is 1. The average Bonchev–Trinajstić information content (AvgIpc) is 3.24. The molecule has 0 spiro atoms. The molecule has 13 heteroatoms. The van der Waals surface area contributed by atoms with E-state index in [1.165, 1.54) is 49.6 Å². The van der Waals surface area contributed by atoms with Gasteiger partial charge in [-0.2, -0.15) is 13.2 Å². The number of carbonyl (C=O) groups excluding carboxylic acids is 2. The van der Waals surface area contributed by atoms with Crippen LogP contribution in [0.1, 0.15) is 41.0 Å². The van der Waals surface area contributed by atoms with Gasteiger partial charge < -0.3 is 31.2 Å². The Hall–Kier alpha value is -4.39. The molecule has 0 saturated heterocycles. The van der Waals surface area contributed by atoms with E-state index in [1.54, 1.807) is 6.92 Å². The van der Waals surface area contributed by atoms with Gasteiger partial charge in [-0.3, -0.25) is 4.79 Å². The first-order valence-electron chi connectivity index (χ1n) is 12.6. The number of nitrogens with one attached hydrogen (secondary N) is 3. The number of alkyl halides is 3. The molecule has 41 heavy (non-hydrogen) atoms. The van der Waals surface area contributed by atoms with Gasteiger partial charge in [-0.1, -0.05) is 0 Å². The normalized spacial score (nSPS) is 19.2. The number of methoxy groups -OCH3 is 1. The van der Waals surface area contributed by atoms with E-state index in [-0.39, 0.29) is 41.6 Å². The number of hydrogen-bond donors (Lipinski definition) is 4. The highest BCUT2D eigenvalue weighted by Gasteiger charge is 2.54. The molecule has 2 aliphatic heterocycles. The summed E-state index contributed by atoms with van der Waals surface area (Å²) in [4.78, 5) is 29.2. The van der Waals surface area contributed by atoms with Crippen LogP contribution in [0.15, 0.2) is 42.5 Å². The number of amides is 3. The maximum Gasteiger partial charge on any atom is 0.401 e. The molecule has 0 radical (unpaired) electrons. The zero-order chi connectivity index (χ0) is 29.7. The summed E-state index contributed by atoms with van der Waals surface area (Å²) in [6, 6.07) is 8.73. The monoisotopic (exact) mass is 573 g/mol. The second-order valence-corrected chi connectivity index (χ2v) is 10.5. The quantitative estimate of drug-likeness (QED) is 0.325. The summed E-state index contributed by atoms with van der Waals surface area (Å²) in [7, 11) is 1.35. The number of anilines is 1. The van der Waals surface area contributed by atoms with Crippen molar-refractivity contribution in [2.24, 2.45) is 5.73 Å². The van der Waals surface area contributed by atoms with Crippen molar-refractivity contribution in [3.8, 4) is 22.8 Å². The Kier molecular flexibility index (Phi) is 6.80. The molecule has 3 aromatic rings. The maximum atomic E-state index is 14.8. The Morgan fingerprint density at radius 3 is 2.59 bits per heavy atom. The number of benzene rings is 2. The van der Waals surface area contributed by atoms with E-state index < -0.39 is 41.4 Å². The minimum atomic E-state index is -4.85. The van der Waals surface area contributed by atoms with Crippen molar-refractivity contribution in [1.29, 1.82) is 0 Å². The number of halogens is 4. The van der Waals surface area contributed by atoms with Gasteiger partial charge in [0.2, 0.25) is 0 Å². The summed E-state index contributed by atoms with van der Waals surface area (Å²) in [5.74, 6) is -0.898. The predicted octanol–water partition coefficient (Wildman–Crippen LogP) is 4.35. The molecule has 1 aromatic heterocycles. The number of fused-ring (bicyclic) bond motifs is 2. The fourth-order valence-electron chi connectivity index (χ4n) is 4.76. The van der Waals surface area contributed by atoms with Crippen LogP contribution in [-0.4, -0.2) is 43.4 Å². The van der Waals surface area contributed by atoms with Crippen molar-refractivity contribution < 1.29 is 36.6 Å². The summed E-state index contributed by atoms with van der Waals surface area (Å²) in [6.07, 6.45) is -4.85. The van der Waals surface area contributed by atoms with E-state index in [4.69, 9.17) is 15.2 Å². The zero-order valence-corrected chi connectivity index (χ0v) is 22.3. The van der Waals surface area contributed by atoms with Gasteiger partial charge in [-0.05, 0) is 61.9 Å². The molecular formula is C28H27F4N5O4. The highest BCUT2D eigenvalue weighted by molar-refractivity contribution is 5.99. The van der Waals surface area contributed by atoms with Crippen LogP contribution in [0.5, 0.6) is 11.5 Å². The van der Waals surface area contributed by atoms with Crippen molar-refractivity contribution >= 4 is 17.6 Å². The molecule has 2 unspecified atom stereocenters. The molecule has 3 heterocycles. The standard InChI is InChI=1S/C28H27F4N5O4/c1-26(28(30,31)32,12-35-24(38)15-8-16-11-34-25(39)37-21(16)19(9-15)40-3)20-10-18-23(41-13-27(18,2)33)22(36-20)14-4-6-17(29)7-5-14/h4-10H,11-13,33H2,1-3H3,(H,35,38)(H2,34,37,39). The number of aromatic nitrogens is 1. The minimum Gasteiger partial charge on any atom is -0.495 e. The molecule has 0 saturated carbocycles. The molecule has 3 amide bonds. The molecule has 2 atom stereocenters. The van der Waals surface area contributed by atoms with Crippen molar-refractivity contribution in [3.05, 3.63) is 70.7 Å². The summed E-state index contributed by atoms with van der Waals surface area (Å²) in [6.45, 7) is 1.82. The van der Waals surface area contributed by atoms with Crippen LogP contribution >= 0.6 is 0 Å². The number of nitrogens with two attached hydrogens (primary N) is 1. The number of hydrogen-bond acceptors (Lipinski definition) is 6. The van der Waals surface area contributed by atoms with E-state index in [9.17, 15) is 27.2 Å². The van der Waals surface area contributed by atoms with Gasteiger partial charge in [0.1, 0.15) is 29.3 Å². The van der Waals surface area contributed by atoms with Crippen LogP contribution < -0.4 is 31.2 Å². The van der Waals surface area contributed by atoms with Crippen molar-refractivity contribution in [2.75, 3.05) is 25.6 Å². The lowest BCUT2D eigenvalue weighted by molar-refractivity contribution is -0.184. The van der Waals surface area contributed by atoms with E-state index in [0.717, 1.165) is 6.92 Å². The molecule has 216 valence electrons. The number of carbonyl (C=O) groups is 2. The Morgan fingerprint density at radius 1 is 1.22 bits per heavy atom. The first-order chi connectivity index (χ1) is 19.2. The van der Waals surface area contributed by atoms with Crippen LogP contribution in [0, 0.1) is 5.82 Å². The third kappa shape index (κ3) is 5.01. The molecule has 2 aromatic carbocycles. The summed E-state index contributed by atoms with van der Waals surface area (Å²) < 4.78 is 69.0. The number of rotatable bonds is 6. The Bertz CT molecular complexity index is 1520. The molecule has 2 aliphatic rings. The second-order valence-electron chi connectivity index (χ2n) is 10.5. The third-order valence-electron chi connectivity index (χ3n) is 7.36. The Morgan fingerprint density at radius 2 is 1.93 bits per heavy atom. The highest BCUT2D eigenvalue weighted by Crippen LogP contribution is 2.47. The minimum absolute atomic E-state index is 0.0105. The number of ether oxygens (including phenoxy) is 2. The van der Waals surface area contributed by atoms with Gasteiger partial charge >= 0.3 is 12.2 Å². The summed E-state index contributed by atoms with van der Waals surface area (Å²) in [5, 5.41) is 7.55. The lowest BCUT2D eigenvalue weighted by Crippen LogP contribution is -2.49. The number of nitrogens with zero attached hydrogens (tertiary/aromatic N) is 1. The van der Waals surface area contributed by atoms with Gasteiger partial charge in [-0.15, -0.1) is 0 Å². The topological polar surface area (TPSA) is 128 Å². The average molecular weight is 574 g/mol. The van der Waals surface area contributed by atoms with Gasteiger partial charge in [0.15, 0.2) is 5.75 Å². The Balaban J connectivity index is 1.53. The molecule has 0 bridgehead atoms. The summed E-state index contributed by atoms with van der Waals surface area (Å²) in [5.41, 5.74) is 3.90. The maximum absolute atomic E-state index is 14.8. The Labute approximate surface area is 232 Å². The van der Waals surface area contributed by atoms with Crippen LogP contribution in [-0.2, 0) is 17.5 Å². The van der Waals surface area contributed by atoms with E-state index in [1.807, 2.05) is 0 Å². The largest absolute Gasteiger partial charge is 0.495 e. The molecule has 0 aliphatic carbocycles. The first kappa shape index (κ1) is 28.1.